The molecule has 2 N–H and O–H groups in total. The molecule has 5 nitrogen and oxygen atoms in total. The van der Waals surface area contributed by atoms with Crippen molar-refractivity contribution in [2.75, 3.05) is 17.2 Å². The van der Waals surface area contributed by atoms with Gasteiger partial charge in [0.2, 0.25) is 0 Å². The lowest BCUT2D eigenvalue weighted by Gasteiger charge is -2.13. The molecule has 0 aromatic heterocycles. The minimum atomic E-state index is -0.569. The minimum Gasteiger partial charge on any atom is -0.450 e. The van der Waals surface area contributed by atoms with Crippen LogP contribution in [0.1, 0.15) is 22.8 Å². The fraction of sp³-hybridized carbons (Fsp3) is 0.176. The monoisotopic (exact) mass is 376 g/mol. The van der Waals surface area contributed by atoms with Crippen molar-refractivity contribution >= 4 is 39.3 Å². The summed E-state index contributed by atoms with van der Waals surface area (Å²) in [7, 11) is 0. The average Bonchev–Trinajstić information content (AvgIpc) is 2.50. The van der Waals surface area contributed by atoms with E-state index in [1.807, 2.05) is 19.1 Å². The third kappa shape index (κ3) is 4.82. The Morgan fingerprint density at radius 2 is 1.87 bits per heavy atom. The lowest BCUT2D eigenvalue weighted by Crippen LogP contribution is -2.17. The van der Waals surface area contributed by atoms with E-state index in [0.717, 1.165) is 10.0 Å². The Morgan fingerprint density at radius 1 is 1.09 bits per heavy atom. The number of aryl methyl sites for hydroxylation is 1. The van der Waals surface area contributed by atoms with Crippen LogP contribution < -0.4 is 10.6 Å². The summed E-state index contributed by atoms with van der Waals surface area (Å²) in [5, 5.41) is 5.41. The van der Waals surface area contributed by atoms with Crippen molar-refractivity contribution in [3.8, 4) is 0 Å². The SMILES string of the molecule is CCOC(=O)Nc1ccc(Br)cc1NC(=O)c1cccc(C)c1. The number of benzene rings is 2. The van der Waals surface area contributed by atoms with E-state index in [-0.39, 0.29) is 12.5 Å². The number of nitrogens with one attached hydrogen (secondary N) is 2. The summed E-state index contributed by atoms with van der Waals surface area (Å²) >= 11 is 3.36. The molecule has 2 aromatic carbocycles. The molecule has 0 saturated carbocycles. The number of ether oxygens (including phenoxy) is 1. The van der Waals surface area contributed by atoms with Gasteiger partial charge >= 0.3 is 6.09 Å². The van der Waals surface area contributed by atoms with Crippen LogP contribution in [0.2, 0.25) is 0 Å². The molecule has 0 bridgehead atoms. The van der Waals surface area contributed by atoms with Crippen molar-refractivity contribution in [3.63, 3.8) is 0 Å². The number of carbonyl (C=O) groups excluding carboxylic acids is 2. The lowest BCUT2D eigenvalue weighted by atomic mass is 10.1. The highest BCUT2D eigenvalue weighted by molar-refractivity contribution is 9.10. The molecule has 120 valence electrons. The van der Waals surface area contributed by atoms with Gasteiger partial charge in [0.1, 0.15) is 0 Å². The van der Waals surface area contributed by atoms with Gasteiger partial charge in [-0.2, -0.15) is 0 Å². The van der Waals surface area contributed by atoms with Crippen LogP contribution in [-0.4, -0.2) is 18.6 Å². The van der Waals surface area contributed by atoms with E-state index in [2.05, 4.69) is 26.6 Å². The van der Waals surface area contributed by atoms with Crippen LogP contribution in [0.15, 0.2) is 46.9 Å². The molecule has 0 aliphatic rings. The van der Waals surface area contributed by atoms with Crippen LogP contribution in [0.3, 0.4) is 0 Å². The van der Waals surface area contributed by atoms with Crippen molar-refractivity contribution in [1.29, 1.82) is 0 Å². The van der Waals surface area contributed by atoms with E-state index in [9.17, 15) is 9.59 Å². The van der Waals surface area contributed by atoms with E-state index in [4.69, 9.17) is 4.74 Å². The van der Waals surface area contributed by atoms with Crippen LogP contribution in [0.5, 0.6) is 0 Å². The third-order valence-electron chi connectivity index (χ3n) is 3.02. The molecule has 2 amide bonds. The fourth-order valence-corrected chi connectivity index (χ4v) is 2.35. The Kier molecular flexibility index (Phi) is 5.76. The van der Waals surface area contributed by atoms with Gasteiger partial charge in [0.25, 0.3) is 5.91 Å². The summed E-state index contributed by atoms with van der Waals surface area (Å²) in [5.74, 6) is -0.251. The Morgan fingerprint density at radius 3 is 2.57 bits per heavy atom. The Balaban J connectivity index is 2.22. The summed E-state index contributed by atoms with van der Waals surface area (Å²) in [6.07, 6.45) is -0.569. The molecule has 0 radical (unpaired) electrons. The number of anilines is 2. The van der Waals surface area contributed by atoms with Crippen LogP contribution in [0, 0.1) is 6.92 Å². The minimum absolute atomic E-state index is 0.251. The van der Waals surface area contributed by atoms with Gasteiger partial charge in [0.15, 0.2) is 0 Å². The first kappa shape index (κ1) is 17.0. The first-order valence-electron chi connectivity index (χ1n) is 7.11. The maximum atomic E-state index is 12.4. The number of halogens is 1. The molecular weight excluding hydrogens is 360 g/mol. The van der Waals surface area contributed by atoms with Crippen molar-refractivity contribution < 1.29 is 14.3 Å². The van der Waals surface area contributed by atoms with Gasteiger partial charge in [0, 0.05) is 10.0 Å². The zero-order valence-electron chi connectivity index (χ0n) is 12.9. The predicted molar refractivity (Wildman–Crippen MR) is 93.9 cm³/mol. The molecule has 2 aromatic rings. The highest BCUT2D eigenvalue weighted by atomic mass is 79.9. The zero-order valence-corrected chi connectivity index (χ0v) is 14.4. The van der Waals surface area contributed by atoms with E-state index in [0.29, 0.717) is 16.9 Å². The van der Waals surface area contributed by atoms with Crippen molar-refractivity contribution in [3.05, 3.63) is 58.1 Å². The van der Waals surface area contributed by atoms with Crippen LogP contribution in [0.25, 0.3) is 0 Å². The largest absolute Gasteiger partial charge is 0.450 e. The molecular formula is C17H17BrN2O3. The Hall–Kier alpha value is -2.34. The highest BCUT2D eigenvalue weighted by Crippen LogP contribution is 2.27. The molecule has 0 unspecified atom stereocenters. The number of hydrogen-bond donors (Lipinski definition) is 2. The second-order valence-corrected chi connectivity index (χ2v) is 5.77. The van der Waals surface area contributed by atoms with Crippen molar-refractivity contribution in [1.82, 2.24) is 0 Å². The van der Waals surface area contributed by atoms with Gasteiger partial charge in [0.05, 0.1) is 18.0 Å². The Labute approximate surface area is 143 Å². The number of rotatable bonds is 4. The molecule has 6 heteroatoms. The van der Waals surface area contributed by atoms with Crippen LogP contribution in [0.4, 0.5) is 16.2 Å². The molecule has 0 saturated heterocycles. The molecule has 0 spiro atoms. The van der Waals surface area contributed by atoms with Crippen LogP contribution >= 0.6 is 15.9 Å². The standard InChI is InChI=1S/C17H17BrN2O3/c1-3-23-17(22)20-14-8-7-13(18)10-15(14)19-16(21)12-6-4-5-11(2)9-12/h4-10H,3H2,1-2H3,(H,19,21)(H,20,22). The summed E-state index contributed by atoms with van der Waals surface area (Å²) in [4.78, 5) is 24.0. The number of amides is 2. The first-order chi connectivity index (χ1) is 11.0. The van der Waals surface area contributed by atoms with E-state index in [1.165, 1.54) is 0 Å². The van der Waals surface area contributed by atoms with Gasteiger partial charge in [-0.05, 0) is 44.2 Å². The number of carbonyl (C=O) groups is 2. The molecule has 0 atom stereocenters. The maximum Gasteiger partial charge on any atom is 0.411 e. The topological polar surface area (TPSA) is 67.4 Å². The average molecular weight is 377 g/mol. The van der Waals surface area contributed by atoms with Gasteiger partial charge in [-0.3, -0.25) is 10.1 Å². The molecule has 0 heterocycles. The van der Waals surface area contributed by atoms with E-state index < -0.39 is 6.09 Å². The normalized spacial score (nSPS) is 10.0. The van der Waals surface area contributed by atoms with Gasteiger partial charge in [-0.1, -0.05) is 33.6 Å². The molecule has 23 heavy (non-hydrogen) atoms. The molecule has 0 aliphatic carbocycles. The van der Waals surface area contributed by atoms with Gasteiger partial charge in [-0.25, -0.2) is 4.79 Å². The maximum absolute atomic E-state index is 12.4. The van der Waals surface area contributed by atoms with Gasteiger partial charge in [-0.15, -0.1) is 0 Å². The smallest absolute Gasteiger partial charge is 0.411 e. The summed E-state index contributed by atoms with van der Waals surface area (Å²) in [6, 6.07) is 12.4. The van der Waals surface area contributed by atoms with Crippen LogP contribution in [-0.2, 0) is 4.74 Å². The predicted octanol–water partition coefficient (Wildman–Crippen LogP) is 4.58. The van der Waals surface area contributed by atoms with E-state index >= 15 is 0 Å². The van der Waals surface area contributed by atoms with Crippen molar-refractivity contribution in [2.24, 2.45) is 0 Å². The zero-order chi connectivity index (χ0) is 16.8. The second kappa shape index (κ2) is 7.78. The molecule has 0 aliphatic heterocycles. The second-order valence-electron chi connectivity index (χ2n) is 4.86. The summed E-state index contributed by atoms with van der Waals surface area (Å²) in [5.41, 5.74) is 2.50. The third-order valence-corrected chi connectivity index (χ3v) is 3.52. The molecule has 2 rings (SSSR count). The summed E-state index contributed by atoms with van der Waals surface area (Å²) < 4.78 is 5.65. The summed E-state index contributed by atoms with van der Waals surface area (Å²) in [6.45, 7) is 3.92. The quantitative estimate of drug-likeness (QED) is 0.820. The number of hydrogen-bond acceptors (Lipinski definition) is 3. The lowest BCUT2D eigenvalue weighted by molar-refractivity contribution is 0.102. The Bertz CT molecular complexity index is 732. The first-order valence-corrected chi connectivity index (χ1v) is 7.90. The fourth-order valence-electron chi connectivity index (χ4n) is 1.99. The van der Waals surface area contributed by atoms with E-state index in [1.54, 1.807) is 37.3 Å². The van der Waals surface area contributed by atoms with Gasteiger partial charge < -0.3 is 10.1 Å². The van der Waals surface area contributed by atoms with Crippen molar-refractivity contribution in [2.45, 2.75) is 13.8 Å². The highest BCUT2D eigenvalue weighted by Gasteiger charge is 2.12. The molecule has 0 fully saturated rings.